The fourth-order valence-electron chi connectivity index (χ4n) is 2.81. The Morgan fingerprint density at radius 3 is 2.76 bits per heavy atom. The van der Waals surface area contributed by atoms with Gasteiger partial charge in [-0.15, -0.1) is 0 Å². The Labute approximate surface area is 100 Å². The predicted molar refractivity (Wildman–Crippen MR) is 66.1 cm³/mol. The molecule has 0 atom stereocenters. The van der Waals surface area contributed by atoms with Crippen LogP contribution in [0.4, 0.5) is 11.4 Å². The summed E-state index contributed by atoms with van der Waals surface area (Å²) in [5.41, 5.74) is 6.55. The molecule has 3 rings (SSSR count). The Kier molecular flexibility index (Phi) is 2.08. The molecule has 1 aliphatic heterocycles. The van der Waals surface area contributed by atoms with Crippen LogP contribution in [0.15, 0.2) is 18.2 Å². The Hall–Kier alpha value is -1.71. The molecule has 0 saturated heterocycles. The van der Waals surface area contributed by atoms with Crippen LogP contribution in [-0.2, 0) is 4.79 Å². The smallest absolute Gasteiger partial charge is 0.271 e. The van der Waals surface area contributed by atoms with Crippen molar-refractivity contribution in [3.05, 3.63) is 18.2 Å². The third-order valence-electron chi connectivity index (χ3n) is 3.76. The first-order valence-electron chi connectivity index (χ1n) is 5.99. The van der Waals surface area contributed by atoms with Crippen molar-refractivity contribution in [2.24, 2.45) is 0 Å². The van der Waals surface area contributed by atoms with Crippen LogP contribution >= 0.6 is 0 Å². The highest BCUT2D eigenvalue weighted by molar-refractivity contribution is 6.03. The fourth-order valence-corrected chi connectivity index (χ4v) is 2.81. The number of ether oxygens (including phenoxy) is 1. The highest BCUT2D eigenvalue weighted by atomic mass is 16.5. The first-order valence-corrected chi connectivity index (χ1v) is 5.99. The zero-order valence-corrected chi connectivity index (χ0v) is 9.90. The van der Waals surface area contributed by atoms with Gasteiger partial charge < -0.3 is 15.4 Å². The van der Waals surface area contributed by atoms with Crippen molar-refractivity contribution in [1.82, 2.24) is 0 Å². The van der Waals surface area contributed by atoms with E-state index in [9.17, 15) is 4.79 Å². The van der Waals surface area contributed by atoms with Crippen molar-refractivity contribution >= 4 is 17.3 Å². The van der Waals surface area contributed by atoms with Crippen molar-refractivity contribution < 1.29 is 9.53 Å². The molecule has 0 radical (unpaired) electrons. The number of hydrogen-bond donors (Lipinski definition) is 1. The topological polar surface area (TPSA) is 55.6 Å². The number of likely N-dealkylation sites (N-methyl/N-ethyl adjacent to an activating group) is 1. The van der Waals surface area contributed by atoms with Crippen LogP contribution in [0.25, 0.3) is 0 Å². The summed E-state index contributed by atoms with van der Waals surface area (Å²) >= 11 is 0. The van der Waals surface area contributed by atoms with E-state index >= 15 is 0 Å². The van der Waals surface area contributed by atoms with Gasteiger partial charge in [-0.1, -0.05) is 0 Å². The molecule has 1 spiro atoms. The van der Waals surface area contributed by atoms with Crippen molar-refractivity contribution in [3.63, 3.8) is 0 Å². The lowest BCUT2D eigenvalue weighted by molar-refractivity contribution is -0.134. The zero-order chi connectivity index (χ0) is 12.0. The van der Waals surface area contributed by atoms with Gasteiger partial charge in [0.05, 0.1) is 5.69 Å². The molecule has 1 aromatic carbocycles. The van der Waals surface area contributed by atoms with Crippen LogP contribution in [0.5, 0.6) is 5.75 Å². The van der Waals surface area contributed by atoms with E-state index in [1.54, 1.807) is 18.0 Å². The number of carbonyl (C=O) groups excluding carboxylic acids is 1. The van der Waals surface area contributed by atoms with E-state index < -0.39 is 5.60 Å². The number of amides is 1. The van der Waals surface area contributed by atoms with Crippen LogP contribution in [-0.4, -0.2) is 18.6 Å². The van der Waals surface area contributed by atoms with Crippen molar-refractivity contribution in [3.8, 4) is 5.75 Å². The summed E-state index contributed by atoms with van der Waals surface area (Å²) in [6, 6.07) is 5.45. The first-order chi connectivity index (χ1) is 8.12. The molecule has 1 amide bonds. The minimum absolute atomic E-state index is 0.0631. The van der Waals surface area contributed by atoms with Crippen LogP contribution in [0.3, 0.4) is 0 Å². The molecule has 2 aliphatic rings. The summed E-state index contributed by atoms with van der Waals surface area (Å²) in [6.45, 7) is 0. The summed E-state index contributed by atoms with van der Waals surface area (Å²) in [4.78, 5) is 14.1. The molecule has 4 heteroatoms. The minimum atomic E-state index is -0.613. The summed E-state index contributed by atoms with van der Waals surface area (Å²) in [6.07, 6.45) is 3.76. The van der Waals surface area contributed by atoms with Gasteiger partial charge in [0, 0.05) is 12.7 Å². The molecule has 1 aliphatic carbocycles. The molecule has 4 nitrogen and oxygen atoms in total. The number of rotatable bonds is 0. The number of anilines is 2. The number of nitrogen functional groups attached to an aromatic ring is 1. The van der Waals surface area contributed by atoms with Gasteiger partial charge in [0.25, 0.3) is 5.91 Å². The average Bonchev–Trinajstić information content (AvgIpc) is 2.77. The van der Waals surface area contributed by atoms with Gasteiger partial charge >= 0.3 is 0 Å². The molecule has 1 saturated carbocycles. The highest BCUT2D eigenvalue weighted by Gasteiger charge is 2.48. The van der Waals surface area contributed by atoms with Crippen molar-refractivity contribution in [1.29, 1.82) is 0 Å². The van der Waals surface area contributed by atoms with Gasteiger partial charge in [-0.05, 0) is 43.9 Å². The molecule has 0 aromatic heterocycles. The van der Waals surface area contributed by atoms with E-state index in [2.05, 4.69) is 0 Å². The van der Waals surface area contributed by atoms with E-state index in [1.165, 1.54) is 0 Å². The lowest BCUT2D eigenvalue weighted by Crippen LogP contribution is -2.53. The van der Waals surface area contributed by atoms with Gasteiger partial charge in [0.2, 0.25) is 0 Å². The zero-order valence-electron chi connectivity index (χ0n) is 9.90. The molecular weight excluding hydrogens is 216 g/mol. The maximum absolute atomic E-state index is 12.4. The monoisotopic (exact) mass is 232 g/mol. The summed E-state index contributed by atoms with van der Waals surface area (Å²) in [7, 11) is 1.79. The molecule has 1 heterocycles. The normalized spacial score (nSPS) is 21.5. The van der Waals surface area contributed by atoms with Crippen LogP contribution in [0.1, 0.15) is 25.7 Å². The maximum Gasteiger partial charge on any atom is 0.271 e. The van der Waals surface area contributed by atoms with E-state index in [1.807, 2.05) is 12.1 Å². The maximum atomic E-state index is 12.4. The molecule has 0 unspecified atom stereocenters. The van der Waals surface area contributed by atoms with E-state index in [4.69, 9.17) is 10.5 Å². The number of carbonyl (C=O) groups is 1. The SMILES string of the molecule is CN1C(=O)C2(CCCC2)Oc2ccc(N)cc21. The molecule has 1 aromatic rings. The van der Waals surface area contributed by atoms with E-state index in [-0.39, 0.29) is 5.91 Å². The molecule has 1 fully saturated rings. The molecule has 90 valence electrons. The van der Waals surface area contributed by atoms with Gasteiger partial charge in [-0.2, -0.15) is 0 Å². The standard InChI is InChI=1S/C13H16N2O2/c1-15-10-8-9(14)4-5-11(10)17-13(12(15)16)6-2-3-7-13/h4-5,8H,2-3,6-7,14H2,1H3. The molecular formula is C13H16N2O2. The van der Waals surface area contributed by atoms with Crippen LogP contribution in [0, 0.1) is 0 Å². The fraction of sp³-hybridized carbons (Fsp3) is 0.462. The molecule has 17 heavy (non-hydrogen) atoms. The second-order valence-electron chi connectivity index (χ2n) is 4.89. The van der Waals surface area contributed by atoms with Gasteiger partial charge in [-0.25, -0.2) is 0 Å². The quantitative estimate of drug-likeness (QED) is 0.695. The lowest BCUT2D eigenvalue weighted by atomic mass is 9.97. The average molecular weight is 232 g/mol. The third-order valence-corrected chi connectivity index (χ3v) is 3.76. The summed E-state index contributed by atoms with van der Waals surface area (Å²) in [5, 5.41) is 0. The lowest BCUT2D eigenvalue weighted by Gasteiger charge is -2.39. The van der Waals surface area contributed by atoms with Gasteiger partial charge in [0.15, 0.2) is 5.60 Å². The largest absolute Gasteiger partial charge is 0.475 e. The number of nitrogens with two attached hydrogens (primary N) is 1. The Morgan fingerprint density at radius 1 is 1.35 bits per heavy atom. The summed E-state index contributed by atoms with van der Waals surface area (Å²) in [5.74, 6) is 0.830. The second kappa shape index (κ2) is 3.39. The Morgan fingerprint density at radius 2 is 2.06 bits per heavy atom. The number of hydrogen-bond acceptors (Lipinski definition) is 3. The van der Waals surface area contributed by atoms with Crippen LogP contribution in [0.2, 0.25) is 0 Å². The first kappa shape index (κ1) is 10.4. The molecule has 0 bridgehead atoms. The van der Waals surface area contributed by atoms with Crippen molar-refractivity contribution in [2.75, 3.05) is 17.7 Å². The number of fused-ring (bicyclic) bond motifs is 1. The van der Waals surface area contributed by atoms with Crippen LogP contribution < -0.4 is 15.4 Å². The second-order valence-corrected chi connectivity index (χ2v) is 4.89. The Balaban J connectivity index is 2.08. The highest BCUT2D eigenvalue weighted by Crippen LogP contribution is 2.44. The number of benzene rings is 1. The minimum Gasteiger partial charge on any atom is -0.475 e. The van der Waals surface area contributed by atoms with E-state index in [0.29, 0.717) is 5.69 Å². The van der Waals surface area contributed by atoms with Crippen molar-refractivity contribution in [2.45, 2.75) is 31.3 Å². The Bertz CT molecular complexity index is 478. The van der Waals surface area contributed by atoms with Gasteiger partial charge in [0.1, 0.15) is 5.75 Å². The number of nitrogens with zero attached hydrogens (tertiary/aromatic N) is 1. The predicted octanol–water partition coefficient (Wildman–Crippen LogP) is 1.94. The molecule has 2 N–H and O–H groups in total. The summed E-state index contributed by atoms with van der Waals surface area (Å²) < 4.78 is 5.97. The third kappa shape index (κ3) is 1.40. The van der Waals surface area contributed by atoms with E-state index in [0.717, 1.165) is 37.1 Å². The van der Waals surface area contributed by atoms with Gasteiger partial charge in [-0.3, -0.25) is 4.79 Å².